The summed E-state index contributed by atoms with van der Waals surface area (Å²) >= 11 is 0. The number of rotatable bonds is 6. The minimum atomic E-state index is 0.118. The molecule has 0 aliphatic heterocycles. The first-order valence-electron chi connectivity index (χ1n) is 9.34. The Hall–Kier alpha value is -2.04. The van der Waals surface area contributed by atoms with E-state index in [2.05, 4.69) is 10.2 Å². The summed E-state index contributed by atoms with van der Waals surface area (Å²) in [5.41, 5.74) is 3.00. The highest BCUT2D eigenvalue weighted by molar-refractivity contribution is 5.93. The molecule has 0 atom stereocenters. The lowest BCUT2D eigenvalue weighted by Gasteiger charge is -2.25. The van der Waals surface area contributed by atoms with E-state index >= 15 is 0 Å². The number of benzene rings is 1. The normalized spacial score (nSPS) is 17.4. The van der Waals surface area contributed by atoms with Crippen molar-refractivity contribution in [2.24, 2.45) is 5.92 Å². The summed E-state index contributed by atoms with van der Waals surface area (Å²) in [7, 11) is 4.01. The van der Waals surface area contributed by atoms with E-state index in [9.17, 15) is 9.59 Å². The van der Waals surface area contributed by atoms with Gasteiger partial charge in [-0.15, -0.1) is 0 Å². The van der Waals surface area contributed by atoms with Crippen LogP contribution in [0.3, 0.4) is 0 Å². The first kappa shape index (κ1) is 17.8. The molecule has 0 bridgehead atoms. The molecule has 25 heavy (non-hydrogen) atoms. The van der Waals surface area contributed by atoms with E-state index in [4.69, 9.17) is 0 Å². The number of nitrogens with zero attached hydrogens (tertiary/aromatic N) is 2. The summed E-state index contributed by atoms with van der Waals surface area (Å²) in [6.07, 6.45) is 6.47. The maximum absolute atomic E-state index is 12.4. The maximum atomic E-state index is 12.4. The van der Waals surface area contributed by atoms with Gasteiger partial charge in [-0.05, 0) is 49.4 Å². The molecule has 0 saturated heterocycles. The zero-order valence-electron chi connectivity index (χ0n) is 15.5. The van der Waals surface area contributed by atoms with E-state index in [1.807, 2.05) is 37.2 Å². The molecule has 0 radical (unpaired) electrons. The first-order chi connectivity index (χ1) is 12.0. The van der Waals surface area contributed by atoms with Gasteiger partial charge in [0.1, 0.15) is 0 Å². The van der Waals surface area contributed by atoms with Gasteiger partial charge in [0.05, 0.1) is 0 Å². The van der Waals surface area contributed by atoms with Gasteiger partial charge in [-0.2, -0.15) is 0 Å². The minimum Gasteiger partial charge on any atom is -0.377 e. The van der Waals surface area contributed by atoms with Crippen LogP contribution < -0.4 is 10.2 Å². The Kier molecular flexibility index (Phi) is 5.30. The van der Waals surface area contributed by atoms with Crippen molar-refractivity contribution < 1.29 is 9.59 Å². The molecule has 2 fully saturated rings. The highest BCUT2D eigenvalue weighted by atomic mass is 16.2. The summed E-state index contributed by atoms with van der Waals surface area (Å²) in [6, 6.07) is 6.40. The Morgan fingerprint density at radius 1 is 1.12 bits per heavy atom. The Morgan fingerprint density at radius 2 is 1.80 bits per heavy atom. The van der Waals surface area contributed by atoms with Gasteiger partial charge in [0, 0.05) is 50.9 Å². The van der Waals surface area contributed by atoms with E-state index in [0.717, 1.165) is 55.5 Å². The summed E-state index contributed by atoms with van der Waals surface area (Å²) < 4.78 is 0. The fourth-order valence-corrected chi connectivity index (χ4v) is 3.73. The Labute approximate surface area is 150 Å². The standard InChI is InChI=1S/C20H29N3O2/c1-14(24)23(18-9-10-18)13-16-12-17(8-11-19(16)22(2)3)21-20(25)15-6-4-5-7-15/h8,11-12,15,18H,4-7,9-10,13H2,1-3H3,(H,21,25). The van der Waals surface area contributed by atoms with Crippen LogP contribution in [0.2, 0.25) is 0 Å². The molecule has 2 aliphatic carbocycles. The monoisotopic (exact) mass is 343 g/mol. The van der Waals surface area contributed by atoms with Gasteiger partial charge in [0.2, 0.25) is 11.8 Å². The first-order valence-corrected chi connectivity index (χ1v) is 9.34. The smallest absolute Gasteiger partial charge is 0.227 e. The molecule has 5 heteroatoms. The fourth-order valence-electron chi connectivity index (χ4n) is 3.73. The van der Waals surface area contributed by atoms with Crippen LogP contribution in [0.15, 0.2) is 18.2 Å². The molecular formula is C20H29N3O2. The second-order valence-electron chi connectivity index (χ2n) is 7.59. The third kappa shape index (κ3) is 4.33. The van der Waals surface area contributed by atoms with Crippen LogP contribution in [0.4, 0.5) is 11.4 Å². The Morgan fingerprint density at radius 3 is 2.36 bits per heavy atom. The minimum absolute atomic E-state index is 0.118. The fraction of sp³-hybridized carbons (Fsp3) is 0.600. The molecule has 3 rings (SSSR count). The van der Waals surface area contributed by atoms with Crippen LogP contribution in [0.1, 0.15) is 51.0 Å². The largest absolute Gasteiger partial charge is 0.377 e. The van der Waals surface area contributed by atoms with E-state index in [0.29, 0.717) is 12.6 Å². The zero-order chi connectivity index (χ0) is 18.0. The second kappa shape index (κ2) is 7.46. The van der Waals surface area contributed by atoms with Crippen molar-refractivity contribution in [3.63, 3.8) is 0 Å². The van der Waals surface area contributed by atoms with Crippen molar-refractivity contribution in [2.75, 3.05) is 24.3 Å². The van der Waals surface area contributed by atoms with Gasteiger partial charge in [-0.25, -0.2) is 0 Å². The number of amides is 2. The third-order valence-corrected chi connectivity index (χ3v) is 5.29. The van der Waals surface area contributed by atoms with E-state index in [-0.39, 0.29) is 17.7 Å². The molecule has 2 amide bonds. The van der Waals surface area contributed by atoms with Crippen molar-refractivity contribution in [1.82, 2.24) is 4.90 Å². The summed E-state index contributed by atoms with van der Waals surface area (Å²) in [6.45, 7) is 2.24. The zero-order valence-corrected chi connectivity index (χ0v) is 15.5. The Balaban J connectivity index is 1.78. The van der Waals surface area contributed by atoms with Crippen LogP contribution in [0.5, 0.6) is 0 Å². The highest BCUT2D eigenvalue weighted by Crippen LogP contribution is 2.32. The SMILES string of the molecule is CC(=O)N(Cc1cc(NC(=O)C2CCCC2)ccc1N(C)C)C1CC1. The molecule has 136 valence electrons. The predicted octanol–water partition coefficient (Wildman–Crippen LogP) is 3.39. The average Bonchev–Trinajstić information content (AvgIpc) is 3.24. The van der Waals surface area contributed by atoms with Gasteiger partial charge in [0.25, 0.3) is 0 Å². The molecule has 2 aliphatic rings. The maximum Gasteiger partial charge on any atom is 0.227 e. The van der Waals surface area contributed by atoms with Crippen molar-refractivity contribution in [2.45, 2.75) is 58.0 Å². The van der Waals surface area contributed by atoms with Crippen molar-refractivity contribution >= 4 is 23.2 Å². The van der Waals surface area contributed by atoms with Gasteiger partial charge in [-0.3, -0.25) is 9.59 Å². The van der Waals surface area contributed by atoms with E-state index in [1.165, 1.54) is 0 Å². The lowest BCUT2D eigenvalue weighted by molar-refractivity contribution is -0.130. The molecular weight excluding hydrogens is 314 g/mol. The third-order valence-electron chi connectivity index (χ3n) is 5.29. The Bertz CT molecular complexity index is 646. The van der Waals surface area contributed by atoms with Gasteiger partial charge >= 0.3 is 0 Å². The average molecular weight is 343 g/mol. The number of nitrogens with one attached hydrogen (secondary N) is 1. The molecule has 2 saturated carbocycles. The molecule has 0 aromatic heterocycles. The molecule has 1 N–H and O–H groups in total. The highest BCUT2D eigenvalue weighted by Gasteiger charge is 2.31. The van der Waals surface area contributed by atoms with Gasteiger partial charge in [-0.1, -0.05) is 12.8 Å². The lowest BCUT2D eigenvalue weighted by atomic mass is 10.1. The van der Waals surface area contributed by atoms with Crippen molar-refractivity contribution in [3.8, 4) is 0 Å². The van der Waals surface area contributed by atoms with Crippen LogP contribution in [-0.2, 0) is 16.1 Å². The van der Waals surface area contributed by atoms with Crippen molar-refractivity contribution in [1.29, 1.82) is 0 Å². The molecule has 0 unspecified atom stereocenters. The van der Waals surface area contributed by atoms with Gasteiger partial charge < -0.3 is 15.1 Å². The molecule has 5 nitrogen and oxygen atoms in total. The summed E-state index contributed by atoms with van der Waals surface area (Å²) in [5.74, 6) is 0.399. The van der Waals surface area contributed by atoms with Gasteiger partial charge in [0.15, 0.2) is 0 Å². The van der Waals surface area contributed by atoms with Crippen molar-refractivity contribution in [3.05, 3.63) is 23.8 Å². The van der Waals surface area contributed by atoms with Crippen LogP contribution in [0.25, 0.3) is 0 Å². The topological polar surface area (TPSA) is 52.7 Å². The van der Waals surface area contributed by atoms with E-state index < -0.39 is 0 Å². The van der Waals surface area contributed by atoms with Crippen LogP contribution in [-0.4, -0.2) is 36.9 Å². The number of hydrogen-bond donors (Lipinski definition) is 1. The second-order valence-corrected chi connectivity index (χ2v) is 7.59. The number of hydrogen-bond acceptors (Lipinski definition) is 3. The quantitative estimate of drug-likeness (QED) is 0.861. The molecule has 0 heterocycles. The van der Waals surface area contributed by atoms with Crippen LogP contribution in [0, 0.1) is 5.92 Å². The van der Waals surface area contributed by atoms with E-state index in [1.54, 1.807) is 6.92 Å². The summed E-state index contributed by atoms with van der Waals surface area (Å²) in [4.78, 5) is 28.4. The number of carbonyl (C=O) groups excluding carboxylic acids is 2. The number of anilines is 2. The van der Waals surface area contributed by atoms with Crippen LogP contribution >= 0.6 is 0 Å². The lowest BCUT2D eigenvalue weighted by Crippen LogP contribution is -2.31. The molecule has 1 aromatic carbocycles. The molecule has 0 spiro atoms. The molecule has 1 aromatic rings. The number of carbonyl (C=O) groups is 2. The predicted molar refractivity (Wildman–Crippen MR) is 101 cm³/mol. The summed E-state index contributed by atoms with van der Waals surface area (Å²) in [5, 5.41) is 3.08.